The molecule has 2 rings (SSSR count). The lowest BCUT2D eigenvalue weighted by Gasteiger charge is -2.25. The molecule has 0 amide bonds. The highest BCUT2D eigenvalue weighted by molar-refractivity contribution is 5.74. The van der Waals surface area contributed by atoms with Gasteiger partial charge in [-0.25, -0.2) is 0 Å². The average molecular weight is 226 g/mol. The molecule has 0 aromatic rings. The molecule has 3 unspecified atom stereocenters. The Morgan fingerprint density at radius 2 is 2.19 bits per heavy atom. The topological polar surface area (TPSA) is 43.8 Å². The second-order valence-electron chi connectivity index (χ2n) is 5.44. The number of likely N-dealkylation sites (N-methyl/N-ethyl adjacent to an activating group) is 1. The smallest absolute Gasteiger partial charge is 0.321 e. The van der Waals surface area contributed by atoms with Gasteiger partial charge in [0.1, 0.15) is 6.04 Å². The molecule has 1 saturated heterocycles. The molecule has 3 atom stereocenters. The number of rotatable bonds is 4. The van der Waals surface area contributed by atoms with Crippen LogP contribution in [0.3, 0.4) is 0 Å². The van der Waals surface area contributed by atoms with Crippen LogP contribution in [0.25, 0.3) is 0 Å². The number of likely N-dealkylation sites (tertiary alicyclic amines) is 1. The van der Waals surface area contributed by atoms with Crippen molar-refractivity contribution in [2.75, 3.05) is 33.7 Å². The number of nitrogens with zero attached hydrogens (tertiary/aromatic N) is 2. The lowest BCUT2D eigenvalue weighted by atomic mass is 9.94. The van der Waals surface area contributed by atoms with Crippen LogP contribution in [-0.4, -0.2) is 60.6 Å². The number of carbonyl (C=O) groups is 1. The van der Waals surface area contributed by atoms with Crippen LogP contribution >= 0.6 is 0 Å². The molecule has 0 aromatic carbocycles. The van der Waals surface area contributed by atoms with E-state index in [-0.39, 0.29) is 6.04 Å². The average Bonchev–Trinajstić information content (AvgIpc) is 2.71. The highest BCUT2D eigenvalue weighted by Gasteiger charge is 2.47. The predicted octanol–water partition coefficient (Wildman–Crippen LogP) is 0.733. The fraction of sp³-hybridized carbons (Fsp3) is 0.917. The van der Waals surface area contributed by atoms with E-state index in [4.69, 9.17) is 0 Å². The van der Waals surface area contributed by atoms with Gasteiger partial charge in [0.05, 0.1) is 0 Å². The van der Waals surface area contributed by atoms with Crippen LogP contribution in [0.5, 0.6) is 0 Å². The number of hydrogen-bond acceptors (Lipinski definition) is 3. The first-order valence-electron chi connectivity index (χ1n) is 6.21. The Balaban J connectivity index is 1.99. The van der Waals surface area contributed by atoms with E-state index in [0.29, 0.717) is 11.8 Å². The second kappa shape index (κ2) is 4.72. The van der Waals surface area contributed by atoms with Crippen LogP contribution in [0.1, 0.15) is 19.3 Å². The Morgan fingerprint density at radius 1 is 1.44 bits per heavy atom. The van der Waals surface area contributed by atoms with Crippen LogP contribution in [0, 0.1) is 11.8 Å². The zero-order valence-corrected chi connectivity index (χ0v) is 10.2. The molecule has 4 nitrogen and oxygen atoms in total. The zero-order valence-electron chi connectivity index (χ0n) is 10.2. The van der Waals surface area contributed by atoms with Crippen molar-refractivity contribution in [3.05, 3.63) is 0 Å². The van der Waals surface area contributed by atoms with Crippen LogP contribution in [0.2, 0.25) is 0 Å². The Kier molecular flexibility index (Phi) is 3.50. The molecule has 2 aliphatic rings. The van der Waals surface area contributed by atoms with Crippen molar-refractivity contribution in [3.63, 3.8) is 0 Å². The van der Waals surface area contributed by atoms with E-state index in [1.54, 1.807) is 0 Å². The van der Waals surface area contributed by atoms with Crippen molar-refractivity contribution in [2.24, 2.45) is 11.8 Å². The lowest BCUT2D eigenvalue weighted by Crippen LogP contribution is -2.42. The van der Waals surface area contributed by atoms with E-state index < -0.39 is 5.97 Å². The number of hydrogen-bond donors (Lipinski definition) is 1. The molecule has 1 N–H and O–H groups in total. The van der Waals surface area contributed by atoms with Crippen molar-refractivity contribution in [1.29, 1.82) is 0 Å². The van der Waals surface area contributed by atoms with E-state index in [0.717, 1.165) is 26.1 Å². The third-order valence-electron chi connectivity index (χ3n) is 4.07. The Bertz CT molecular complexity index is 268. The van der Waals surface area contributed by atoms with E-state index in [1.807, 2.05) is 14.1 Å². The summed E-state index contributed by atoms with van der Waals surface area (Å²) in [5.41, 5.74) is 0. The summed E-state index contributed by atoms with van der Waals surface area (Å²) in [6.07, 6.45) is 3.56. The van der Waals surface area contributed by atoms with Crippen molar-refractivity contribution in [1.82, 2.24) is 9.80 Å². The van der Waals surface area contributed by atoms with E-state index >= 15 is 0 Å². The van der Waals surface area contributed by atoms with Crippen molar-refractivity contribution < 1.29 is 9.90 Å². The molecule has 1 aliphatic heterocycles. The van der Waals surface area contributed by atoms with Crippen molar-refractivity contribution in [3.8, 4) is 0 Å². The fourth-order valence-corrected chi connectivity index (χ4v) is 3.29. The number of aliphatic carboxylic acids is 1. The Labute approximate surface area is 97.2 Å². The lowest BCUT2D eigenvalue weighted by molar-refractivity contribution is -0.143. The highest BCUT2D eigenvalue weighted by atomic mass is 16.4. The fourth-order valence-electron chi connectivity index (χ4n) is 3.29. The quantitative estimate of drug-likeness (QED) is 0.767. The van der Waals surface area contributed by atoms with Gasteiger partial charge in [-0.3, -0.25) is 9.69 Å². The monoisotopic (exact) mass is 226 g/mol. The van der Waals surface area contributed by atoms with Crippen LogP contribution in [0.15, 0.2) is 0 Å². The van der Waals surface area contributed by atoms with Gasteiger partial charge in [0.15, 0.2) is 0 Å². The number of carboxylic acid groups (broad SMARTS) is 1. The summed E-state index contributed by atoms with van der Waals surface area (Å²) in [5.74, 6) is 0.441. The SMILES string of the molecule is CN(C)CCN1CC2CCCC2C1C(=O)O. The van der Waals surface area contributed by atoms with E-state index in [1.165, 1.54) is 12.8 Å². The maximum Gasteiger partial charge on any atom is 0.321 e. The first-order chi connectivity index (χ1) is 7.59. The van der Waals surface area contributed by atoms with Gasteiger partial charge in [0.25, 0.3) is 0 Å². The molecule has 1 aliphatic carbocycles. The Morgan fingerprint density at radius 3 is 2.81 bits per heavy atom. The summed E-state index contributed by atoms with van der Waals surface area (Å²) in [7, 11) is 4.07. The van der Waals surface area contributed by atoms with E-state index in [9.17, 15) is 9.90 Å². The van der Waals surface area contributed by atoms with Crippen molar-refractivity contribution in [2.45, 2.75) is 25.3 Å². The van der Waals surface area contributed by atoms with Gasteiger partial charge in [-0.05, 0) is 38.8 Å². The molecule has 0 radical (unpaired) electrons. The van der Waals surface area contributed by atoms with Gasteiger partial charge in [-0.1, -0.05) is 6.42 Å². The minimum Gasteiger partial charge on any atom is -0.480 e. The molecule has 92 valence electrons. The normalized spacial score (nSPS) is 34.6. The van der Waals surface area contributed by atoms with Gasteiger partial charge >= 0.3 is 5.97 Å². The predicted molar refractivity (Wildman–Crippen MR) is 62.4 cm³/mol. The highest BCUT2D eigenvalue weighted by Crippen LogP contribution is 2.41. The largest absolute Gasteiger partial charge is 0.480 e. The molecule has 1 heterocycles. The first kappa shape index (κ1) is 11.9. The molecular weight excluding hydrogens is 204 g/mol. The molecule has 0 bridgehead atoms. The molecule has 2 fully saturated rings. The van der Waals surface area contributed by atoms with Crippen molar-refractivity contribution >= 4 is 5.97 Å². The minimum atomic E-state index is -0.617. The van der Waals surface area contributed by atoms with Gasteiger partial charge in [0.2, 0.25) is 0 Å². The van der Waals surface area contributed by atoms with E-state index in [2.05, 4.69) is 9.80 Å². The summed E-state index contributed by atoms with van der Waals surface area (Å²) < 4.78 is 0. The molecular formula is C12H22N2O2. The molecule has 0 spiro atoms. The summed E-state index contributed by atoms with van der Waals surface area (Å²) in [6, 6.07) is -0.215. The summed E-state index contributed by atoms with van der Waals surface area (Å²) >= 11 is 0. The summed E-state index contributed by atoms with van der Waals surface area (Å²) in [5, 5.41) is 9.34. The minimum absolute atomic E-state index is 0.215. The van der Waals surface area contributed by atoms with Crippen LogP contribution < -0.4 is 0 Å². The molecule has 16 heavy (non-hydrogen) atoms. The van der Waals surface area contributed by atoms with Crippen LogP contribution in [-0.2, 0) is 4.79 Å². The maximum absolute atomic E-state index is 11.3. The molecule has 0 aromatic heterocycles. The third kappa shape index (κ3) is 2.23. The molecule has 1 saturated carbocycles. The number of fused-ring (bicyclic) bond motifs is 1. The standard InChI is InChI=1S/C12H22N2O2/c1-13(2)6-7-14-8-9-4-3-5-10(9)11(14)12(15)16/h9-11H,3-8H2,1-2H3,(H,15,16). The summed E-state index contributed by atoms with van der Waals surface area (Å²) in [4.78, 5) is 15.6. The maximum atomic E-state index is 11.3. The van der Waals surface area contributed by atoms with Gasteiger partial charge in [0, 0.05) is 19.6 Å². The van der Waals surface area contributed by atoms with Gasteiger partial charge in [-0.2, -0.15) is 0 Å². The summed E-state index contributed by atoms with van der Waals surface area (Å²) in [6.45, 7) is 2.83. The molecule has 4 heteroatoms. The third-order valence-corrected chi connectivity index (χ3v) is 4.07. The Hall–Kier alpha value is -0.610. The second-order valence-corrected chi connectivity index (χ2v) is 5.44. The first-order valence-corrected chi connectivity index (χ1v) is 6.21. The van der Waals surface area contributed by atoms with Gasteiger partial charge < -0.3 is 10.0 Å². The van der Waals surface area contributed by atoms with Gasteiger partial charge in [-0.15, -0.1) is 0 Å². The number of carboxylic acids is 1. The van der Waals surface area contributed by atoms with Crippen LogP contribution in [0.4, 0.5) is 0 Å². The zero-order chi connectivity index (χ0) is 11.7.